The van der Waals surface area contributed by atoms with Gasteiger partial charge in [-0.2, -0.15) is 5.10 Å². The van der Waals surface area contributed by atoms with Gasteiger partial charge in [-0.05, 0) is 37.6 Å². The Bertz CT molecular complexity index is 984. The molecular formula is C22H22ClN3O3. The number of carbonyl (C=O) groups excluding carboxylic acids is 2. The lowest BCUT2D eigenvalue weighted by atomic mass is 10.1. The van der Waals surface area contributed by atoms with Crippen LogP contribution in [0.15, 0.2) is 60.8 Å². The third-order valence-corrected chi connectivity index (χ3v) is 4.68. The Morgan fingerprint density at radius 3 is 2.48 bits per heavy atom. The van der Waals surface area contributed by atoms with E-state index in [4.69, 9.17) is 16.3 Å². The number of halogens is 1. The fourth-order valence-electron chi connectivity index (χ4n) is 2.68. The molecule has 0 aliphatic carbocycles. The van der Waals surface area contributed by atoms with Crippen molar-refractivity contribution in [3.63, 3.8) is 0 Å². The van der Waals surface area contributed by atoms with E-state index in [0.717, 1.165) is 17.7 Å². The Hall–Kier alpha value is -3.12. The summed E-state index contributed by atoms with van der Waals surface area (Å²) in [6.07, 6.45) is 2.40. The first kappa shape index (κ1) is 20.6. The zero-order valence-corrected chi connectivity index (χ0v) is 17.0. The molecule has 1 aromatic heterocycles. The predicted molar refractivity (Wildman–Crippen MR) is 112 cm³/mol. The number of benzene rings is 2. The first-order valence-corrected chi connectivity index (χ1v) is 9.73. The molecule has 0 bridgehead atoms. The summed E-state index contributed by atoms with van der Waals surface area (Å²) in [6, 6.07) is 16.5. The number of ether oxygens (including phenoxy) is 1. The number of amides is 1. The molecule has 150 valence electrons. The van der Waals surface area contributed by atoms with Crippen LogP contribution in [0.5, 0.6) is 0 Å². The Labute approximate surface area is 174 Å². The van der Waals surface area contributed by atoms with Crippen molar-refractivity contribution < 1.29 is 14.3 Å². The van der Waals surface area contributed by atoms with Gasteiger partial charge in [0.05, 0.1) is 5.69 Å². The van der Waals surface area contributed by atoms with E-state index in [0.29, 0.717) is 10.7 Å². The summed E-state index contributed by atoms with van der Waals surface area (Å²) in [5, 5.41) is 7.92. The molecule has 1 amide bonds. The minimum Gasteiger partial charge on any atom is -0.452 e. The SMILES string of the molecule is CC[C@H](C)NC(=O)COC(=O)c1cn(-c2ccccc2)nc1-c1ccc(Cl)cc1. The van der Waals surface area contributed by atoms with Crippen molar-refractivity contribution in [3.05, 3.63) is 71.4 Å². The van der Waals surface area contributed by atoms with Crippen LogP contribution in [0.3, 0.4) is 0 Å². The van der Waals surface area contributed by atoms with Crippen LogP contribution in [0.2, 0.25) is 5.02 Å². The molecule has 7 heteroatoms. The second-order valence-electron chi connectivity index (χ2n) is 6.63. The number of esters is 1. The van der Waals surface area contributed by atoms with Gasteiger partial charge in [0.2, 0.25) is 0 Å². The Balaban J connectivity index is 1.87. The summed E-state index contributed by atoms with van der Waals surface area (Å²) in [5.74, 6) is -0.951. The van der Waals surface area contributed by atoms with Crippen molar-refractivity contribution in [3.8, 4) is 16.9 Å². The first-order valence-electron chi connectivity index (χ1n) is 9.35. The molecule has 0 saturated heterocycles. The van der Waals surface area contributed by atoms with Gasteiger partial charge >= 0.3 is 5.97 Å². The highest BCUT2D eigenvalue weighted by molar-refractivity contribution is 6.30. The lowest BCUT2D eigenvalue weighted by molar-refractivity contribution is -0.124. The first-order chi connectivity index (χ1) is 14.0. The lowest BCUT2D eigenvalue weighted by Crippen LogP contribution is -2.35. The minimum absolute atomic E-state index is 0.0201. The van der Waals surface area contributed by atoms with Crippen LogP contribution in [0.4, 0.5) is 0 Å². The molecule has 0 unspecified atom stereocenters. The van der Waals surface area contributed by atoms with E-state index < -0.39 is 5.97 Å². The summed E-state index contributed by atoms with van der Waals surface area (Å²) in [6.45, 7) is 3.51. The second kappa shape index (κ2) is 9.39. The van der Waals surface area contributed by atoms with Crippen molar-refractivity contribution in [2.75, 3.05) is 6.61 Å². The topological polar surface area (TPSA) is 73.2 Å². The Kier molecular flexibility index (Phi) is 6.67. The molecule has 1 N–H and O–H groups in total. The maximum absolute atomic E-state index is 12.7. The average Bonchev–Trinajstić information content (AvgIpc) is 3.18. The molecule has 2 aromatic carbocycles. The molecular weight excluding hydrogens is 390 g/mol. The molecule has 1 atom stereocenters. The minimum atomic E-state index is -0.614. The van der Waals surface area contributed by atoms with E-state index in [2.05, 4.69) is 10.4 Å². The van der Waals surface area contributed by atoms with E-state index in [-0.39, 0.29) is 24.1 Å². The summed E-state index contributed by atoms with van der Waals surface area (Å²) in [4.78, 5) is 24.7. The fourth-order valence-corrected chi connectivity index (χ4v) is 2.81. The van der Waals surface area contributed by atoms with Gasteiger partial charge in [-0.15, -0.1) is 0 Å². The number of rotatable bonds is 7. The zero-order chi connectivity index (χ0) is 20.8. The van der Waals surface area contributed by atoms with E-state index in [9.17, 15) is 9.59 Å². The number of nitrogens with zero attached hydrogens (tertiary/aromatic N) is 2. The van der Waals surface area contributed by atoms with Crippen LogP contribution < -0.4 is 5.32 Å². The molecule has 0 aliphatic rings. The van der Waals surface area contributed by atoms with Gasteiger partial charge in [0.1, 0.15) is 11.3 Å². The third-order valence-electron chi connectivity index (χ3n) is 4.43. The van der Waals surface area contributed by atoms with E-state index in [1.54, 1.807) is 35.1 Å². The molecule has 3 rings (SSSR count). The van der Waals surface area contributed by atoms with E-state index >= 15 is 0 Å². The zero-order valence-electron chi connectivity index (χ0n) is 16.3. The Morgan fingerprint density at radius 2 is 1.83 bits per heavy atom. The van der Waals surface area contributed by atoms with E-state index in [1.165, 1.54) is 0 Å². The molecule has 0 radical (unpaired) electrons. The number of carbonyl (C=O) groups is 2. The van der Waals surface area contributed by atoms with Crippen molar-refractivity contribution >= 4 is 23.5 Å². The third kappa shape index (κ3) is 5.23. The van der Waals surface area contributed by atoms with E-state index in [1.807, 2.05) is 44.2 Å². The largest absolute Gasteiger partial charge is 0.452 e. The molecule has 0 spiro atoms. The summed E-state index contributed by atoms with van der Waals surface area (Å²) in [7, 11) is 0. The van der Waals surface area contributed by atoms with Gasteiger partial charge in [-0.3, -0.25) is 4.79 Å². The highest BCUT2D eigenvalue weighted by atomic mass is 35.5. The molecule has 0 saturated carbocycles. The highest BCUT2D eigenvalue weighted by Gasteiger charge is 2.21. The van der Waals surface area contributed by atoms with Crippen molar-refractivity contribution in [1.82, 2.24) is 15.1 Å². The van der Waals surface area contributed by atoms with Crippen LogP contribution in [0.25, 0.3) is 16.9 Å². The summed E-state index contributed by atoms with van der Waals surface area (Å²) < 4.78 is 6.85. The van der Waals surface area contributed by atoms with Crippen LogP contribution in [-0.2, 0) is 9.53 Å². The number of aromatic nitrogens is 2. The second-order valence-corrected chi connectivity index (χ2v) is 7.07. The maximum atomic E-state index is 12.7. The van der Waals surface area contributed by atoms with Crippen LogP contribution in [-0.4, -0.2) is 34.3 Å². The monoisotopic (exact) mass is 411 g/mol. The molecule has 3 aromatic rings. The van der Waals surface area contributed by atoms with Gasteiger partial charge in [-0.25, -0.2) is 9.48 Å². The lowest BCUT2D eigenvalue weighted by Gasteiger charge is -2.11. The van der Waals surface area contributed by atoms with Gasteiger partial charge in [0.25, 0.3) is 5.91 Å². The van der Waals surface area contributed by atoms with Gasteiger partial charge in [-0.1, -0.05) is 48.9 Å². The van der Waals surface area contributed by atoms with Gasteiger partial charge in [0.15, 0.2) is 6.61 Å². The van der Waals surface area contributed by atoms with Crippen molar-refractivity contribution in [1.29, 1.82) is 0 Å². The standard InChI is InChI=1S/C22H22ClN3O3/c1-3-15(2)24-20(27)14-29-22(28)19-13-26(18-7-5-4-6-8-18)25-21(19)16-9-11-17(23)12-10-16/h4-13,15H,3,14H2,1-2H3,(H,24,27)/t15-/m0/s1. The normalized spacial score (nSPS) is 11.7. The van der Waals surface area contributed by atoms with Gasteiger partial charge < -0.3 is 10.1 Å². The number of hydrogen-bond donors (Lipinski definition) is 1. The maximum Gasteiger partial charge on any atom is 0.342 e. The van der Waals surface area contributed by atoms with Crippen LogP contribution in [0, 0.1) is 0 Å². The number of hydrogen-bond acceptors (Lipinski definition) is 4. The average molecular weight is 412 g/mol. The van der Waals surface area contributed by atoms with Crippen LogP contribution >= 0.6 is 11.6 Å². The number of nitrogens with one attached hydrogen (secondary N) is 1. The molecule has 6 nitrogen and oxygen atoms in total. The molecule has 0 fully saturated rings. The summed E-state index contributed by atoms with van der Waals surface area (Å²) >= 11 is 5.98. The fraction of sp³-hybridized carbons (Fsp3) is 0.227. The van der Waals surface area contributed by atoms with Crippen molar-refractivity contribution in [2.45, 2.75) is 26.3 Å². The highest BCUT2D eigenvalue weighted by Crippen LogP contribution is 2.26. The summed E-state index contributed by atoms with van der Waals surface area (Å²) in [5.41, 5.74) is 2.25. The number of para-hydroxylation sites is 1. The predicted octanol–water partition coefficient (Wildman–Crippen LogP) is 4.26. The van der Waals surface area contributed by atoms with Crippen LogP contribution in [0.1, 0.15) is 30.6 Å². The molecule has 1 heterocycles. The van der Waals surface area contributed by atoms with Gasteiger partial charge in [0, 0.05) is 22.8 Å². The quantitative estimate of drug-likeness (QED) is 0.589. The molecule has 0 aliphatic heterocycles. The van der Waals surface area contributed by atoms with Crippen molar-refractivity contribution in [2.24, 2.45) is 0 Å². The Morgan fingerprint density at radius 1 is 1.14 bits per heavy atom. The smallest absolute Gasteiger partial charge is 0.342 e. The molecule has 29 heavy (non-hydrogen) atoms.